The molecule has 0 aromatic heterocycles. The second-order valence-electron chi connectivity index (χ2n) is 6.56. The molecule has 6 nitrogen and oxygen atoms in total. The van der Waals surface area contributed by atoms with Crippen molar-refractivity contribution in [3.8, 4) is 11.5 Å². The Morgan fingerprint density at radius 1 is 1.10 bits per heavy atom. The van der Waals surface area contributed by atoms with Gasteiger partial charge in [0.05, 0.1) is 18.6 Å². The lowest BCUT2D eigenvalue weighted by Gasteiger charge is -2.14. The molecular formula is C21H22F3NO5. The highest BCUT2D eigenvalue weighted by molar-refractivity contribution is 5.97. The Bertz CT molecular complexity index is 881. The van der Waals surface area contributed by atoms with Gasteiger partial charge in [-0.15, -0.1) is 13.2 Å². The minimum Gasteiger partial charge on any atom is -0.496 e. The molecule has 2 rings (SSSR count). The van der Waals surface area contributed by atoms with Gasteiger partial charge in [0, 0.05) is 6.54 Å². The van der Waals surface area contributed by atoms with E-state index in [0.717, 1.165) is 12.1 Å². The standard InChI is InChI=1S/C21H22F3NO5/c1-3-15(20(27)28)10-14-6-9-18(29-2)17(11-14)19(26)25-12-13-4-7-16(8-5-13)30-21(22,23)24/h4-9,11,15H,3,10,12H2,1-2H3,(H,25,26)(H,27,28)/t15-/m0/s1. The fourth-order valence-corrected chi connectivity index (χ4v) is 2.84. The van der Waals surface area contributed by atoms with Crippen LogP contribution in [0.15, 0.2) is 42.5 Å². The summed E-state index contributed by atoms with van der Waals surface area (Å²) in [5.74, 6) is -1.94. The van der Waals surface area contributed by atoms with Crippen molar-refractivity contribution in [2.75, 3.05) is 7.11 Å². The number of alkyl halides is 3. The smallest absolute Gasteiger partial charge is 0.496 e. The van der Waals surface area contributed by atoms with E-state index in [1.807, 2.05) is 0 Å². The lowest BCUT2D eigenvalue weighted by molar-refractivity contribution is -0.274. The molecular weight excluding hydrogens is 403 g/mol. The topological polar surface area (TPSA) is 84.9 Å². The highest BCUT2D eigenvalue weighted by Crippen LogP contribution is 2.24. The third-order valence-corrected chi connectivity index (χ3v) is 4.44. The van der Waals surface area contributed by atoms with E-state index in [1.165, 1.54) is 19.2 Å². The van der Waals surface area contributed by atoms with Gasteiger partial charge in [-0.1, -0.05) is 25.1 Å². The monoisotopic (exact) mass is 425 g/mol. The quantitative estimate of drug-likeness (QED) is 0.630. The second kappa shape index (κ2) is 10.00. The molecule has 0 spiro atoms. The molecule has 0 radical (unpaired) electrons. The minimum absolute atomic E-state index is 0.0746. The maximum atomic E-state index is 12.6. The number of ether oxygens (including phenoxy) is 2. The van der Waals surface area contributed by atoms with E-state index in [9.17, 15) is 27.9 Å². The Kier molecular flexibility index (Phi) is 7.68. The van der Waals surface area contributed by atoms with Crippen LogP contribution in [0, 0.1) is 5.92 Å². The van der Waals surface area contributed by atoms with Gasteiger partial charge in [-0.05, 0) is 48.2 Å². The van der Waals surface area contributed by atoms with Crippen LogP contribution in [0.25, 0.3) is 0 Å². The molecule has 0 aliphatic carbocycles. The zero-order chi connectivity index (χ0) is 22.3. The number of methoxy groups -OCH3 is 1. The molecule has 0 aliphatic heterocycles. The fraction of sp³-hybridized carbons (Fsp3) is 0.333. The number of aliphatic carboxylic acids is 1. The van der Waals surface area contributed by atoms with Gasteiger partial charge in [0.15, 0.2) is 0 Å². The molecule has 1 amide bonds. The molecule has 0 aliphatic rings. The number of carboxylic acid groups (broad SMARTS) is 1. The first-order valence-electron chi connectivity index (χ1n) is 9.15. The van der Waals surface area contributed by atoms with E-state index in [2.05, 4.69) is 10.1 Å². The fourth-order valence-electron chi connectivity index (χ4n) is 2.84. The largest absolute Gasteiger partial charge is 0.573 e. The third-order valence-electron chi connectivity index (χ3n) is 4.44. The average Bonchev–Trinajstić information content (AvgIpc) is 2.69. The Morgan fingerprint density at radius 2 is 1.73 bits per heavy atom. The Balaban J connectivity index is 2.08. The van der Waals surface area contributed by atoms with Crippen LogP contribution in [0.4, 0.5) is 13.2 Å². The molecule has 0 saturated carbocycles. The minimum atomic E-state index is -4.77. The van der Waals surface area contributed by atoms with Crippen molar-refractivity contribution in [2.45, 2.75) is 32.7 Å². The van der Waals surface area contributed by atoms with Crippen LogP contribution >= 0.6 is 0 Å². The normalized spacial score (nSPS) is 12.2. The number of benzene rings is 2. The highest BCUT2D eigenvalue weighted by Gasteiger charge is 2.31. The number of nitrogens with one attached hydrogen (secondary N) is 1. The van der Waals surface area contributed by atoms with Crippen molar-refractivity contribution in [3.63, 3.8) is 0 Å². The molecule has 162 valence electrons. The van der Waals surface area contributed by atoms with Crippen LogP contribution in [0.2, 0.25) is 0 Å². The lowest BCUT2D eigenvalue weighted by atomic mass is 9.95. The molecule has 0 bridgehead atoms. The number of hydrogen-bond acceptors (Lipinski definition) is 4. The molecule has 1 atom stereocenters. The number of carbonyl (C=O) groups is 2. The van der Waals surface area contributed by atoms with Gasteiger partial charge in [0.1, 0.15) is 11.5 Å². The molecule has 0 heterocycles. The van der Waals surface area contributed by atoms with Crippen molar-refractivity contribution in [1.29, 1.82) is 0 Å². The third kappa shape index (κ3) is 6.68. The maximum Gasteiger partial charge on any atom is 0.573 e. The summed E-state index contributed by atoms with van der Waals surface area (Å²) in [6, 6.07) is 10.0. The van der Waals surface area contributed by atoms with Gasteiger partial charge < -0.3 is 19.9 Å². The molecule has 9 heteroatoms. The molecule has 30 heavy (non-hydrogen) atoms. The van der Waals surface area contributed by atoms with Gasteiger partial charge in [-0.25, -0.2) is 0 Å². The van der Waals surface area contributed by atoms with Crippen LogP contribution in [0.5, 0.6) is 11.5 Å². The predicted octanol–water partition coefficient (Wildman–Crippen LogP) is 4.18. The predicted molar refractivity (Wildman–Crippen MR) is 102 cm³/mol. The number of rotatable bonds is 9. The zero-order valence-electron chi connectivity index (χ0n) is 16.5. The summed E-state index contributed by atoms with van der Waals surface area (Å²) >= 11 is 0. The van der Waals surface area contributed by atoms with Gasteiger partial charge in [0.2, 0.25) is 0 Å². The van der Waals surface area contributed by atoms with Crippen LogP contribution in [0.3, 0.4) is 0 Å². The first kappa shape index (κ1) is 23.1. The molecule has 2 aromatic carbocycles. The Labute approximate surface area is 171 Å². The summed E-state index contributed by atoms with van der Waals surface area (Å²) in [6.45, 7) is 1.85. The maximum absolute atomic E-state index is 12.6. The van der Waals surface area contributed by atoms with E-state index in [4.69, 9.17) is 4.74 Å². The molecule has 2 aromatic rings. The molecule has 0 saturated heterocycles. The molecule has 0 fully saturated rings. The summed E-state index contributed by atoms with van der Waals surface area (Å²) in [5, 5.41) is 11.9. The number of amides is 1. The van der Waals surface area contributed by atoms with Gasteiger partial charge in [-0.2, -0.15) is 0 Å². The summed E-state index contributed by atoms with van der Waals surface area (Å²) in [6.07, 6.45) is -4.04. The zero-order valence-corrected chi connectivity index (χ0v) is 16.5. The Morgan fingerprint density at radius 3 is 2.27 bits per heavy atom. The number of hydrogen-bond donors (Lipinski definition) is 2. The first-order chi connectivity index (χ1) is 14.1. The van der Waals surface area contributed by atoms with Crippen LogP contribution < -0.4 is 14.8 Å². The summed E-state index contributed by atoms with van der Waals surface area (Å²) in [7, 11) is 1.41. The first-order valence-corrected chi connectivity index (χ1v) is 9.15. The van der Waals surface area contributed by atoms with Crippen molar-refractivity contribution < 1.29 is 37.3 Å². The summed E-state index contributed by atoms with van der Waals surface area (Å²) in [4.78, 5) is 23.9. The van der Waals surface area contributed by atoms with Crippen molar-refractivity contribution >= 4 is 11.9 Å². The van der Waals surface area contributed by atoms with Crippen LogP contribution in [0.1, 0.15) is 34.8 Å². The number of carbonyl (C=O) groups excluding carboxylic acids is 1. The SMILES string of the molecule is CC[C@@H](Cc1ccc(OC)c(C(=O)NCc2ccc(OC(F)(F)F)cc2)c1)C(=O)O. The summed E-state index contributed by atoms with van der Waals surface area (Å²) in [5.41, 5.74) is 1.50. The van der Waals surface area contributed by atoms with Gasteiger partial charge in [0.25, 0.3) is 5.91 Å². The van der Waals surface area contributed by atoms with E-state index in [-0.39, 0.29) is 24.3 Å². The van der Waals surface area contributed by atoms with Crippen LogP contribution in [-0.4, -0.2) is 30.5 Å². The van der Waals surface area contributed by atoms with E-state index < -0.39 is 24.2 Å². The molecule has 2 N–H and O–H groups in total. The Hall–Kier alpha value is -3.23. The van der Waals surface area contributed by atoms with Crippen molar-refractivity contribution in [1.82, 2.24) is 5.32 Å². The van der Waals surface area contributed by atoms with Crippen LogP contribution in [-0.2, 0) is 17.8 Å². The average molecular weight is 425 g/mol. The summed E-state index contributed by atoms with van der Waals surface area (Å²) < 4.78 is 45.7. The molecule has 0 unspecified atom stereocenters. The lowest BCUT2D eigenvalue weighted by Crippen LogP contribution is -2.24. The van der Waals surface area contributed by atoms with E-state index in [1.54, 1.807) is 25.1 Å². The highest BCUT2D eigenvalue weighted by atomic mass is 19.4. The van der Waals surface area contributed by atoms with Crippen molar-refractivity contribution in [3.05, 3.63) is 59.2 Å². The second-order valence-corrected chi connectivity index (χ2v) is 6.56. The number of carboxylic acids is 1. The number of halogens is 3. The van der Waals surface area contributed by atoms with E-state index in [0.29, 0.717) is 23.3 Å². The van der Waals surface area contributed by atoms with Gasteiger partial charge >= 0.3 is 12.3 Å². The van der Waals surface area contributed by atoms with Gasteiger partial charge in [-0.3, -0.25) is 9.59 Å². The van der Waals surface area contributed by atoms with E-state index >= 15 is 0 Å². The van der Waals surface area contributed by atoms with Crippen molar-refractivity contribution in [2.24, 2.45) is 5.92 Å².